The van der Waals surface area contributed by atoms with Gasteiger partial charge >= 0.3 is 70.6 Å². The third-order valence-corrected chi connectivity index (χ3v) is 8.97. The van der Waals surface area contributed by atoms with Gasteiger partial charge in [0.15, 0.2) is 0 Å². The molecule has 3 saturated carbocycles. The molecule has 3 fully saturated rings. The van der Waals surface area contributed by atoms with E-state index in [1.54, 1.807) is 0 Å². The first-order valence-corrected chi connectivity index (χ1v) is 13.3. The number of amides is 2. The van der Waals surface area contributed by atoms with E-state index < -0.39 is 125 Å². The Bertz CT molecular complexity index is 1360. The number of halogens is 22. The number of carbonyl (C=O) groups is 2. The molecule has 3 aliphatic rings. The van der Waals surface area contributed by atoms with Crippen molar-refractivity contribution in [2.24, 2.45) is 10.8 Å². The average Bonchev–Trinajstić information content (AvgIpc) is 2.91. The molecule has 0 aromatic heterocycles. The van der Waals surface area contributed by atoms with Crippen molar-refractivity contribution < 1.29 is 106 Å². The zero-order valence-corrected chi connectivity index (χ0v) is 24.5. The van der Waals surface area contributed by atoms with Crippen molar-refractivity contribution in [2.45, 2.75) is 117 Å². The summed E-state index contributed by atoms with van der Waals surface area (Å²) in [7, 11) is 0. The third kappa shape index (κ3) is 4.35. The molecule has 0 aliphatic heterocycles. The molecule has 0 heterocycles. The van der Waals surface area contributed by atoms with Crippen LogP contribution in [0.5, 0.6) is 0 Å². The maximum absolute atomic E-state index is 15.2. The smallest absolute Gasteiger partial charge is 0.352 e. The van der Waals surface area contributed by atoms with Crippen LogP contribution in [0, 0.1) is 10.8 Å². The molecule has 26 heteroatoms. The van der Waals surface area contributed by atoms with E-state index in [0.717, 1.165) is 24.5 Å². The van der Waals surface area contributed by atoms with Gasteiger partial charge in [-0.15, -0.1) is 0 Å². The summed E-state index contributed by atoms with van der Waals surface area (Å²) in [4.78, 5) is 24.7. The summed E-state index contributed by atoms with van der Waals surface area (Å²) in [5, 5.41) is 1.64. The van der Waals surface area contributed by atoms with Crippen LogP contribution in [0.1, 0.15) is 40.0 Å². The van der Waals surface area contributed by atoms with Gasteiger partial charge in [0.2, 0.25) is 0 Å². The zero-order chi connectivity index (χ0) is 40.0. The van der Waals surface area contributed by atoms with Gasteiger partial charge in [-0.3, -0.25) is 9.59 Å². The Labute approximate surface area is 263 Å². The van der Waals surface area contributed by atoms with Crippen molar-refractivity contribution >= 4 is 11.8 Å². The number of nitrogens with one attached hydrogen (secondary N) is 2. The molecule has 0 saturated heterocycles. The summed E-state index contributed by atoms with van der Waals surface area (Å²) in [5.41, 5.74) is -18.2. The highest BCUT2D eigenvalue weighted by molar-refractivity contribution is 5.90. The number of hydrogen-bond acceptors (Lipinski definition) is 2. The average molecular weight is 786 g/mol. The summed E-state index contributed by atoms with van der Waals surface area (Å²) < 4.78 is 309. The molecule has 0 bridgehead atoms. The van der Waals surface area contributed by atoms with Crippen molar-refractivity contribution in [2.75, 3.05) is 6.54 Å². The van der Waals surface area contributed by atoms with E-state index >= 15 is 8.78 Å². The zero-order valence-electron chi connectivity index (χ0n) is 24.5. The summed E-state index contributed by atoms with van der Waals surface area (Å²) in [6, 6.07) is -2.28. The fraction of sp³-hybridized carbons (Fsp3) is 0.917. The molecular weight excluding hydrogens is 766 g/mol. The van der Waals surface area contributed by atoms with Crippen LogP contribution in [-0.4, -0.2) is 95.0 Å². The first-order chi connectivity index (χ1) is 21.5. The first-order valence-electron chi connectivity index (χ1n) is 13.3. The van der Waals surface area contributed by atoms with E-state index in [0.29, 0.717) is 6.92 Å². The topological polar surface area (TPSA) is 58.2 Å². The Kier molecular flexibility index (Phi) is 8.61. The quantitative estimate of drug-likeness (QED) is 0.283. The van der Waals surface area contributed by atoms with Crippen molar-refractivity contribution in [3.05, 3.63) is 0 Å². The molecule has 2 amide bonds. The third-order valence-electron chi connectivity index (χ3n) is 8.97. The molecule has 292 valence electrons. The second-order valence-corrected chi connectivity index (χ2v) is 13.5. The van der Waals surface area contributed by atoms with Crippen LogP contribution in [0.25, 0.3) is 0 Å². The maximum atomic E-state index is 15.2. The van der Waals surface area contributed by atoms with Gasteiger partial charge in [-0.05, 0) is 30.1 Å². The lowest BCUT2D eigenvalue weighted by atomic mass is 9.62. The Morgan fingerprint density at radius 3 is 1.06 bits per heavy atom. The van der Waals surface area contributed by atoms with Crippen LogP contribution in [-0.2, 0) is 9.59 Å². The molecule has 0 spiro atoms. The van der Waals surface area contributed by atoms with Crippen molar-refractivity contribution in [1.82, 2.24) is 10.6 Å². The van der Waals surface area contributed by atoms with Gasteiger partial charge in [-0.25, -0.2) is 8.78 Å². The fourth-order valence-electron chi connectivity index (χ4n) is 6.58. The number of alkyl halides is 22. The number of carbonyl (C=O) groups excluding carboxylic acids is 2. The molecule has 0 aromatic carbocycles. The van der Waals surface area contributed by atoms with Crippen LogP contribution < -0.4 is 10.6 Å². The van der Waals surface area contributed by atoms with Crippen LogP contribution in [0.2, 0.25) is 0 Å². The normalized spacial score (nSPS) is 35.3. The number of hydrogen-bond donors (Lipinski definition) is 2. The van der Waals surface area contributed by atoms with Crippen molar-refractivity contribution in [3.63, 3.8) is 0 Å². The lowest BCUT2D eigenvalue weighted by molar-refractivity contribution is -0.476. The molecule has 50 heavy (non-hydrogen) atoms. The largest absolute Gasteiger partial charge is 0.384 e. The minimum Gasteiger partial charge on any atom is -0.352 e. The van der Waals surface area contributed by atoms with Gasteiger partial charge in [0.1, 0.15) is 0 Å². The number of rotatable bonds is 5. The van der Waals surface area contributed by atoms with Crippen LogP contribution >= 0.6 is 0 Å². The van der Waals surface area contributed by atoms with E-state index in [2.05, 4.69) is 0 Å². The monoisotopic (exact) mass is 786 g/mol. The van der Waals surface area contributed by atoms with Gasteiger partial charge in [0.25, 0.3) is 11.8 Å². The summed E-state index contributed by atoms with van der Waals surface area (Å²) >= 11 is 0. The molecule has 0 aromatic rings. The summed E-state index contributed by atoms with van der Waals surface area (Å²) in [5.74, 6) is -84.2. The SMILES string of the molecule is CC1(C)CC(NC(=O)C2(F)C(F)(F)C(F)(F)C(F)(F)C(F)(F)C2(F)F)CC(C)(CNC(=O)C2(F)C(F)(F)C(F)(F)C(F)(F)C(F)(F)C2(F)F)C1. The molecule has 3 rings (SSSR count). The van der Waals surface area contributed by atoms with Crippen LogP contribution in [0.3, 0.4) is 0 Å². The lowest BCUT2D eigenvalue weighted by Crippen LogP contribution is -2.86. The van der Waals surface area contributed by atoms with Gasteiger partial charge in [0, 0.05) is 12.6 Å². The minimum atomic E-state index is -7.69. The Hall–Kier alpha value is -2.60. The van der Waals surface area contributed by atoms with Gasteiger partial charge in [0.05, 0.1) is 0 Å². The second kappa shape index (κ2) is 10.3. The van der Waals surface area contributed by atoms with E-state index in [4.69, 9.17) is 0 Å². The highest BCUT2D eigenvalue weighted by Gasteiger charge is 3.04. The van der Waals surface area contributed by atoms with E-state index in [9.17, 15) is 97.4 Å². The molecule has 4 nitrogen and oxygen atoms in total. The minimum absolute atomic E-state index is 0.640. The highest BCUT2D eigenvalue weighted by Crippen LogP contribution is 2.71. The standard InChI is InChI=1S/C24H20F22N2O2/c1-11(2)4-8(48-10(50)14(26)17(31,32)21(39,40)24(45,46)22(41,42)18(14,33)34)5-12(3,6-11)7-47-9(49)13(25)15(27,28)19(35,36)23(43,44)20(37,38)16(13,29)30/h8H,4-7H2,1-3H3,(H,47,49)(H,48,50). The molecule has 2 atom stereocenters. The van der Waals surface area contributed by atoms with E-state index in [-0.39, 0.29) is 0 Å². The van der Waals surface area contributed by atoms with Crippen LogP contribution in [0.4, 0.5) is 96.6 Å². The van der Waals surface area contributed by atoms with Gasteiger partial charge in [-0.2, -0.15) is 87.8 Å². The van der Waals surface area contributed by atoms with E-state index in [1.807, 2.05) is 0 Å². The Morgan fingerprint density at radius 1 is 0.460 bits per heavy atom. The molecule has 0 radical (unpaired) electrons. The predicted octanol–water partition coefficient (Wildman–Crippen LogP) is 7.60. The maximum Gasteiger partial charge on any atom is 0.384 e. The Morgan fingerprint density at radius 2 is 0.740 bits per heavy atom. The summed E-state index contributed by atoms with van der Waals surface area (Å²) in [6.07, 6.45) is -2.72. The first kappa shape index (κ1) is 41.8. The van der Waals surface area contributed by atoms with Crippen molar-refractivity contribution in [1.29, 1.82) is 0 Å². The second-order valence-electron chi connectivity index (χ2n) is 13.5. The lowest BCUT2D eigenvalue weighted by Gasteiger charge is -2.52. The van der Waals surface area contributed by atoms with E-state index in [1.165, 1.54) is 0 Å². The highest BCUT2D eigenvalue weighted by atomic mass is 19.4. The summed E-state index contributed by atoms with van der Waals surface area (Å²) in [6.45, 7) is 1.03. The predicted molar refractivity (Wildman–Crippen MR) is 118 cm³/mol. The molecule has 3 aliphatic carbocycles. The Balaban J connectivity index is 1.98. The molecular formula is C24H20F22N2O2. The van der Waals surface area contributed by atoms with Crippen molar-refractivity contribution in [3.8, 4) is 0 Å². The molecule has 2 N–H and O–H groups in total. The van der Waals surface area contributed by atoms with Crippen LogP contribution in [0.15, 0.2) is 0 Å². The molecule has 2 unspecified atom stereocenters. The fourth-order valence-corrected chi connectivity index (χ4v) is 6.58. The van der Waals surface area contributed by atoms with Gasteiger partial charge < -0.3 is 10.6 Å². The van der Waals surface area contributed by atoms with Gasteiger partial charge in [-0.1, -0.05) is 20.8 Å².